The van der Waals surface area contributed by atoms with Crippen molar-refractivity contribution < 1.29 is 9.53 Å². The lowest BCUT2D eigenvalue weighted by atomic mass is 10.1. The van der Waals surface area contributed by atoms with Gasteiger partial charge >= 0.3 is 0 Å². The van der Waals surface area contributed by atoms with Crippen LogP contribution in [-0.2, 0) is 11.3 Å². The van der Waals surface area contributed by atoms with E-state index >= 15 is 0 Å². The molecular formula is C21H29N3O2. The summed E-state index contributed by atoms with van der Waals surface area (Å²) in [5.74, 6) is 1.82. The van der Waals surface area contributed by atoms with Crippen LogP contribution in [0.4, 0.5) is 0 Å². The van der Waals surface area contributed by atoms with Gasteiger partial charge in [-0.2, -0.15) is 0 Å². The highest BCUT2D eigenvalue weighted by Gasteiger charge is 2.13. The van der Waals surface area contributed by atoms with E-state index in [9.17, 15) is 4.79 Å². The number of piperidine rings is 1. The minimum absolute atomic E-state index is 0.143. The fourth-order valence-electron chi connectivity index (χ4n) is 3.29. The molecule has 0 amide bonds. The molecular weight excluding hydrogens is 326 g/mol. The number of likely N-dealkylation sites (tertiary alicyclic amines) is 1. The van der Waals surface area contributed by atoms with Gasteiger partial charge in [0.05, 0.1) is 13.0 Å². The smallest absolute Gasteiger partial charge is 0.167 e. The number of benzene rings is 1. The van der Waals surface area contributed by atoms with Crippen molar-refractivity contribution in [1.82, 2.24) is 10.2 Å². The van der Waals surface area contributed by atoms with Gasteiger partial charge < -0.3 is 10.1 Å². The first-order chi connectivity index (χ1) is 12.7. The molecule has 26 heavy (non-hydrogen) atoms. The maximum Gasteiger partial charge on any atom is 0.167 e. The lowest BCUT2D eigenvalue weighted by Gasteiger charge is -2.26. The second-order valence-electron chi connectivity index (χ2n) is 7.09. The van der Waals surface area contributed by atoms with Gasteiger partial charge in [-0.3, -0.25) is 14.7 Å². The molecule has 0 aliphatic carbocycles. The third-order valence-corrected chi connectivity index (χ3v) is 4.85. The number of rotatable bonds is 7. The number of Topliss-reactive ketones (excluding diaryl/α,β-unsaturated/α-hetero) is 1. The molecule has 5 nitrogen and oxygen atoms in total. The van der Waals surface area contributed by atoms with Gasteiger partial charge in [-0.05, 0) is 50.6 Å². The molecule has 1 aromatic rings. The SMILES string of the molecule is CC1=CNC(=NCCCOc2cccc(CN3CCCCC3)c2)CC1=O. The molecule has 0 bridgehead atoms. The van der Waals surface area contributed by atoms with Crippen molar-refractivity contribution in [2.45, 2.75) is 45.6 Å². The molecule has 3 rings (SSSR count). The van der Waals surface area contributed by atoms with Gasteiger partial charge in [0.2, 0.25) is 0 Å². The van der Waals surface area contributed by atoms with Gasteiger partial charge in [0.1, 0.15) is 11.6 Å². The van der Waals surface area contributed by atoms with Crippen molar-refractivity contribution in [2.75, 3.05) is 26.2 Å². The lowest BCUT2D eigenvalue weighted by molar-refractivity contribution is -0.114. The molecule has 0 aromatic heterocycles. The lowest BCUT2D eigenvalue weighted by Crippen LogP contribution is -2.29. The number of amidine groups is 1. The average molecular weight is 355 g/mol. The first kappa shape index (κ1) is 18.6. The highest BCUT2D eigenvalue weighted by atomic mass is 16.5. The minimum Gasteiger partial charge on any atom is -0.494 e. The van der Waals surface area contributed by atoms with Crippen molar-refractivity contribution in [1.29, 1.82) is 0 Å². The molecule has 140 valence electrons. The van der Waals surface area contributed by atoms with Crippen molar-refractivity contribution >= 4 is 11.6 Å². The summed E-state index contributed by atoms with van der Waals surface area (Å²) in [5.41, 5.74) is 2.08. The Morgan fingerprint density at radius 3 is 2.88 bits per heavy atom. The molecule has 2 aliphatic heterocycles. The van der Waals surface area contributed by atoms with E-state index in [4.69, 9.17) is 4.74 Å². The summed E-state index contributed by atoms with van der Waals surface area (Å²) in [5, 5.41) is 3.08. The highest BCUT2D eigenvalue weighted by Crippen LogP contribution is 2.17. The summed E-state index contributed by atoms with van der Waals surface area (Å²) < 4.78 is 5.88. The molecule has 0 unspecified atom stereocenters. The first-order valence-corrected chi connectivity index (χ1v) is 9.64. The number of aliphatic imine (C=N–C) groups is 1. The van der Waals surface area contributed by atoms with Crippen molar-refractivity contribution in [3.63, 3.8) is 0 Å². The number of carbonyl (C=O) groups excluding carboxylic acids is 1. The highest BCUT2D eigenvalue weighted by molar-refractivity contribution is 6.11. The van der Waals surface area contributed by atoms with Gasteiger partial charge in [-0.15, -0.1) is 0 Å². The second-order valence-corrected chi connectivity index (χ2v) is 7.09. The molecule has 5 heteroatoms. The Hall–Kier alpha value is -2.14. The maximum absolute atomic E-state index is 11.6. The summed E-state index contributed by atoms with van der Waals surface area (Å²) in [6, 6.07) is 8.41. The Kier molecular flexibility index (Phi) is 6.83. The van der Waals surface area contributed by atoms with Crippen molar-refractivity contribution in [3.05, 3.63) is 41.6 Å². The van der Waals surface area contributed by atoms with E-state index in [2.05, 4.69) is 33.4 Å². The number of hydrogen-bond donors (Lipinski definition) is 1. The normalized spacial score (nSPS) is 20.0. The largest absolute Gasteiger partial charge is 0.494 e. The molecule has 1 fully saturated rings. The number of carbonyl (C=O) groups is 1. The van der Waals surface area contributed by atoms with E-state index < -0.39 is 0 Å². The zero-order chi connectivity index (χ0) is 18.2. The Labute approximate surface area is 156 Å². The summed E-state index contributed by atoms with van der Waals surface area (Å²) in [7, 11) is 0. The van der Waals surface area contributed by atoms with Crippen LogP contribution in [-0.4, -0.2) is 42.8 Å². The molecule has 1 aromatic carbocycles. The van der Waals surface area contributed by atoms with Crippen LogP contribution in [0.5, 0.6) is 5.75 Å². The van der Waals surface area contributed by atoms with E-state index in [1.54, 1.807) is 6.20 Å². The number of nitrogens with one attached hydrogen (secondary N) is 1. The van der Waals surface area contributed by atoms with Crippen LogP contribution in [0, 0.1) is 0 Å². The van der Waals surface area contributed by atoms with Gasteiger partial charge in [-0.1, -0.05) is 18.6 Å². The maximum atomic E-state index is 11.6. The van der Waals surface area contributed by atoms with Crippen LogP contribution in [0.25, 0.3) is 0 Å². The predicted octanol–water partition coefficient (Wildman–Crippen LogP) is 3.31. The van der Waals surface area contributed by atoms with Gasteiger partial charge in [0, 0.05) is 31.3 Å². The molecule has 1 saturated heterocycles. The van der Waals surface area contributed by atoms with Crippen LogP contribution in [0.15, 0.2) is 41.0 Å². The molecule has 2 aliphatic rings. The summed E-state index contributed by atoms with van der Waals surface area (Å²) in [6.07, 6.45) is 6.93. The summed E-state index contributed by atoms with van der Waals surface area (Å²) >= 11 is 0. The third kappa shape index (κ3) is 5.70. The average Bonchev–Trinajstić information content (AvgIpc) is 2.65. The molecule has 1 N–H and O–H groups in total. The van der Waals surface area contributed by atoms with E-state index in [1.165, 1.54) is 37.9 Å². The topological polar surface area (TPSA) is 53.9 Å². The minimum atomic E-state index is 0.143. The Morgan fingerprint density at radius 2 is 2.08 bits per heavy atom. The number of nitrogens with zero attached hydrogens (tertiary/aromatic N) is 2. The Balaban J connectivity index is 1.39. The molecule has 2 heterocycles. The number of ketones is 1. The summed E-state index contributed by atoms with van der Waals surface area (Å²) in [4.78, 5) is 18.6. The summed E-state index contributed by atoms with van der Waals surface area (Å²) in [6.45, 7) is 6.53. The zero-order valence-corrected chi connectivity index (χ0v) is 15.7. The van der Waals surface area contributed by atoms with Crippen LogP contribution in [0.1, 0.15) is 44.6 Å². The van der Waals surface area contributed by atoms with Crippen LogP contribution in [0.2, 0.25) is 0 Å². The van der Waals surface area contributed by atoms with Crippen LogP contribution in [0.3, 0.4) is 0 Å². The molecule has 0 spiro atoms. The Morgan fingerprint density at radius 1 is 1.23 bits per heavy atom. The monoisotopic (exact) mass is 355 g/mol. The van der Waals surface area contributed by atoms with Crippen LogP contribution < -0.4 is 10.1 Å². The number of ether oxygens (including phenoxy) is 1. The fraction of sp³-hybridized carbons (Fsp3) is 0.524. The quantitative estimate of drug-likeness (QED) is 0.763. The predicted molar refractivity (Wildman–Crippen MR) is 105 cm³/mol. The zero-order valence-electron chi connectivity index (χ0n) is 15.7. The second kappa shape index (κ2) is 9.53. The van der Waals surface area contributed by atoms with E-state index in [0.717, 1.165) is 30.1 Å². The van der Waals surface area contributed by atoms with Crippen LogP contribution >= 0.6 is 0 Å². The molecule has 0 radical (unpaired) electrons. The number of allylic oxidation sites excluding steroid dienone is 1. The Bertz CT molecular complexity index is 676. The van der Waals surface area contributed by atoms with Gasteiger partial charge in [0.25, 0.3) is 0 Å². The first-order valence-electron chi connectivity index (χ1n) is 9.64. The van der Waals surface area contributed by atoms with E-state index in [0.29, 0.717) is 19.6 Å². The molecule has 0 atom stereocenters. The number of hydrogen-bond acceptors (Lipinski definition) is 4. The molecule has 0 saturated carbocycles. The standard InChI is InChI=1S/C21H29N3O2/c1-17-15-23-21(14-20(17)25)22-9-6-12-26-19-8-5-7-18(13-19)16-24-10-3-2-4-11-24/h5,7-8,13,15H,2-4,6,9-12,14,16H2,1H3,(H,22,23). The fourth-order valence-corrected chi connectivity index (χ4v) is 3.29. The van der Waals surface area contributed by atoms with E-state index in [-0.39, 0.29) is 5.78 Å². The van der Waals surface area contributed by atoms with Gasteiger partial charge in [-0.25, -0.2) is 0 Å². The third-order valence-electron chi connectivity index (χ3n) is 4.85. The van der Waals surface area contributed by atoms with E-state index in [1.807, 2.05) is 13.0 Å². The van der Waals surface area contributed by atoms with Gasteiger partial charge in [0.15, 0.2) is 5.78 Å². The van der Waals surface area contributed by atoms with Crippen molar-refractivity contribution in [3.8, 4) is 5.75 Å². The van der Waals surface area contributed by atoms with Crippen molar-refractivity contribution in [2.24, 2.45) is 4.99 Å².